The van der Waals surface area contributed by atoms with E-state index in [9.17, 15) is 9.90 Å². The van der Waals surface area contributed by atoms with Gasteiger partial charge in [0.15, 0.2) is 11.5 Å². The molecule has 0 radical (unpaired) electrons. The summed E-state index contributed by atoms with van der Waals surface area (Å²) >= 11 is 0. The van der Waals surface area contributed by atoms with E-state index in [4.69, 9.17) is 15.2 Å². The van der Waals surface area contributed by atoms with Crippen molar-refractivity contribution >= 4 is 5.91 Å². The zero-order chi connectivity index (χ0) is 15.5. The molecule has 6 heteroatoms. The largest absolute Gasteiger partial charge is 0.504 e. The van der Waals surface area contributed by atoms with E-state index in [2.05, 4.69) is 5.32 Å². The van der Waals surface area contributed by atoms with Crippen molar-refractivity contribution in [3.8, 4) is 11.5 Å². The standard InChI is InChI=1S/C15H22N2O4/c1-15(14(16)19,17-9-11-4-3-7-21-11)10-5-6-12(18)13(8-10)20-2/h5-6,8,11,17-18H,3-4,7,9H2,1-2H3,(H2,16,19). The molecule has 0 spiro atoms. The molecule has 1 aliphatic heterocycles. The maximum atomic E-state index is 11.9. The van der Waals surface area contributed by atoms with Crippen LogP contribution >= 0.6 is 0 Å². The van der Waals surface area contributed by atoms with E-state index in [1.165, 1.54) is 13.2 Å². The minimum Gasteiger partial charge on any atom is -0.504 e. The normalized spacial score (nSPS) is 21.0. The highest BCUT2D eigenvalue weighted by atomic mass is 16.5. The van der Waals surface area contributed by atoms with E-state index < -0.39 is 11.4 Å². The van der Waals surface area contributed by atoms with E-state index in [0.717, 1.165) is 19.4 Å². The van der Waals surface area contributed by atoms with Gasteiger partial charge in [-0.3, -0.25) is 10.1 Å². The molecule has 21 heavy (non-hydrogen) atoms. The summed E-state index contributed by atoms with van der Waals surface area (Å²) in [5.41, 5.74) is 5.16. The molecular formula is C15H22N2O4. The number of carbonyl (C=O) groups excluding carboxylic acids is 1. The first-order valence-electron chi connectivity index (χ1n) is 7.01. The number of benzene rings is 1. The Kier molecular flexibility index (Phi) is 4.69. The summed E-state index contributed by atoms with van der Waals surface area (Å²) in [6.07, 6.45) is 2.11. The lowest BCUT2D eigenvalue weighted by atomic mass is 9.90. The zero-order valence-corrected chi connectivity index (χ0v) is 12.4. The molecule has 1 aliphatic rings. The number of amides is 1. The molecule has 0 saturated carbocycles. The topological polar surface area (TPSA) is 93.8 Å². The Morgan fingerprint density at radius 1 is 1.62 bits per heavy atom. The van der Waals surface area contributed by atoms with Gasteiger partial charge in [-0.2, -0.15) is 0 Å². The molecule has 2 rings (SSSR count). The average Bonchev–Trinajstić information content (AvgIpc) is 2.98. The smallest absolute Gasteiger partial charge is 0.242 e. The number of aromatic hydroxyl groups is 1. The van der Waals surface area contributed by atoms with Crippen LogP contribution in [0.3, 0.4) is 0 Å². The Hall–Kier alpha value is -1.79. The lowest BCUT2D eigenvalue weighted by Crippen LogP contribution is -2.52. The summed E-state index contributed by atoms with van der Waals surface area (Å²) in [4.78, 5) is 11.9. The van der Waals surface area contributed by atoms with E-state index in [-0.39, 0.29) is 11.9 Å². The fourth-order valence-electron chi connectivity index (χ4n) is 2.44. The Bertz CT molecular complexity index is 514. The summed E-state index contributed by atoms with van der Waals surface area (Å²) in [5, 5.41) is 12.8. The molecule has 2 atom stereocenters. The van der Waals surface area contributed by atoms with Gasteiger partial charge in [-0.15, -0.1) is 0 Å². The predicted molar refractivity (Wildman–Crippen MR) is 78.2 cm³/mol. The van der Waals surface area contributed by atoms with Gasteiger partial charge in [0.25, 0.3) is 0 Å². The number of methoxy groups -OCH3 is 1. The van der Waals surface area contributed by atoms with Gasteiger partial charge in [-0.1, -0.05) is 6.07 Å². The van der Waals surface area contributed by atoms with Crippen LogP contribution in [0.15, 0.2) is 18.2 Å². The number of hydrogen-bond acceptors (Lipinski definition) is 5. The number of primary amides is 1. The second kappa shape index (κ2) is 6.32. The van der Waals surface area contributed by atoms with E-state index in [1.807, 2.05) is 0 Å². The summed E-state index contributed by atoms with van der Waals surface area (Å²) in [5.74, 6) is -0.167. The van der Waals surface area contributed by atoms with Gasteiger partial charge in [-0.25, -0.2) is 0 Å². The molecule has 4 N–H and O–H groups in total. The fourth-order valence-corrected chi connectivity index (χ4v) is 2.44. The third-order valence-corrected chi connectivity index (χ3v) is 3.96. The van der Waals surface area contributed by atoms with Gasteiger partial charge in [0.05, 0.1) is 13.2 Å². The molecule has 0 aromatic heterocycles. The number of phenols is 1. The summed E-state index contributed by atoms with van der Waals surface area (Å²) in [6.45, 7) is 3.02. The van der Waals surface area contributed by atoms with Crippen molar-refractivity contribution in [2.75, 3.05) is 20.3 Å². The maximum Gasteiger partial charge on any atom is 0.242 e. The molecule has 2 unspecified atom stereocenters. The van der Waals surface area contributed by atoms with Crippen LogP contribution in [0.4, 0.5) is 0 Å². The van der Waals surface area contributed by atoms with Crippen LogP contribution in [0, 0.1) is 0 Å². The van der Waals surface area contributed by atoms with Crippen molar-refractivity contribution in [2.45, 2.75) is 31.4 Å². The summed E-state index contributed by atoms with van der Waals surface area (Å²) < 4.78 is 10.6. The lowest BCUT2D eigenvalue weighted by molar-refractivity contribution is -0.124. The Morgan fingerprint density at radius 3 is 2.95 bits per heavy atom. The first kappa shape index (κ1) is 15.6. The third-order valence-electron chi connectivity index (χ3n) is 3.96. The number of ether oxygens (including phenoxy) is 2. The van der Waals surface area contributed by atoms with E-state index in [0.29, 0.717) is 17.9 Å². The molecule has 1 heterocycles. The minimum absolute atomic E-state index is 0.0206. The van der Waals surface area contributed by atoms with Crippen molar-refractivity contribution < 1.29 is 19.4 Å². The molecule has 1 aromatic rings. The van der Waals surface area contributed by atoms with Crippen LogP contribution in [0.5, 0.6) is 11.5 Å². The average molecular weight is 294 g/mol. The summed E-state index contributed by atoms with van der Waals surface area (Å²) in [6, 6.07) is 4.76. The molecule has 1 saturated heterocycles. The lowest BCUT2D eigenvalue weighted by Gasteiger charge is -2.29. The molecule has 1 amide bonds. The van der Waals surface area contributed by atoms with Crippen molar-refractivity contribution in [3.05, 3.63) is 23.8 Å². The van der Waals surface area contributed by atoms with Crippen molar-refractivity contribution in [1.29, 1.82) is 0 Å². The van der Waals surface area contributed by atoms with E-state index >= 15 is 0 Å². The van der Waals surface area contributed by atoms with E-state index in [1.54, 1.807) is 19.1 Å². The van der Waals surface area contributed by atoms with Gasteiger partial charge in [-0.05, 0) is 37.5 Å². The maximum absolute atomic E-state index is 11.9. The van der Waals surface area contributed by atoms with Gasteiger partial charge in [0, 0.05) is 13.2 Å². The van der Waals surface area contributed by atoms with Crippen LogP contribution in [0.2, 0.25) is 0 Å². The number of carbonyl (C=O) groups is 1. The Morgan fingerprint density at radius 2 is 2.38 bits per heavy atom. The van der Waals surface area contributed by atoms with Gasteiger partial charge >= 0.3 is 0 Å². The highest BCUT2D eigenvalue weighted by molar-refractivity contribution is 5.86. The van der Waals surface area contributed by atoms with Crippen molar-refractivity contribution in [1.82, 2.24) is 5.32 Å². The van der Waals surface area contributed by atoms with Crippen LogP contribution in [-0.4, -0.2) is 37.4 Å². The molecule has 1 fully saturated rings. The Balaban J connectivity index is 2.21. The highest BCUT2D eigenvalue weighted by Gasteiger charge is 2.34. The summed E-state index contributed by atoms with van der Waals surface area (Å²) in [7, 11) is 1.46. The zero-order valence-electron chi connectivity index (χ0n) is 12.4. The first-order valence-corrected chi connectivity index (χ1v) is 7.01. The van der Waals surface area contributed by atoms with Crippen LogP contribution in [0.25, 0.3) is 0 Å². The second-order valence-corrected chi connectivity index (χ2v) is 5.39. The quantitative estimate of drug-likeness (QED) is 0.724. The van der Waals surface area contributed by atoms with Crippen LogP contribution < -0.4 is 15.8 Å². The molecule has 0 bridgehead atoms. The van der Waals surface area contributed by atoms with Gasteiger partial charge < -0.3 is 20.3 Å². The third kappa shape index (κ3) is 3.28. The number of hydrogen-bond donors (Lipinski definition) is 3. The molecule has 116 valence electrons. The molecule has 1 aromatic carbocycles. The van der Waals surface area contributed by atoms with Crippen molar-refractivity contribution in [3.63, 3.8) is 0 Å². The number of nitrogens with one attached hydrogen (secondary N) is 1. The molecular weight excluding hydrogens is 272 g/mol. The molecule has 6 nitrogen and oxygen atoms in total. The monoisotopic (exact) mass is 294 g/mol. The number of nitrogens with two attached hydrogens (primary N) is 1. The Labute approximate surface area is 124 Å². The number of rotatable bonds is 6. The first-order chi connectivity index (χ1) is 9.97. The van der Waals surface area contributed by atoms with Gasteiger partial charge in [0.2, 0.25) is 5.91 Å². The van der Waals surface area contributed by atoms with Crippen molar-refractivity contribution in [2.24, 2.45) is 5.73 Å². The van der Waals surface area contributed by atoms with Crippen LogP contribution in [-0.2, 0) is 15.1 Å². The SMILES string of the molecule is COc1cc(C(C)(NCC2CCCO2)C(N)=O)ccc1O. The second-order valence-electron chi connectivity index (χ2n) is 5.39. The van der Waals surface area contributed by atoms with Gasteiger partial charge in [0.1, 0.15) is 5.54 Å². The molecule has 0 aliphatic carbocycles. The predicted octanol–water partition coefficient (Wildman–Crippen LogP) is 0.870. The minimum atomic E-state index is -1.05. The van der Waals surface area contributed by atoms with Crippen LogP contribution in [0.1, 0.15) is 25.3 Å². The highest BCUT2D eigenvalue weighted by Crippen LogP contribution is 2.31. The number of phenolic OH excluding ortho intramolecular Hbond substituents is 1. The fraction of sp³-hybridized carbons (Fsp3) is 0.533.